The van der Waals surface area contributed by atoms with Gasteiger partial charge in [-0.05, 0) is 76.4 Å². The number of likely N-dealkylation sites (tertiary alicyclic amines) is 1. The Balaban J connectivity index is 1.46. The lowest BCUT2D eigenvalue weighted by atomic mass is 9.97. The van der Waals surface area contributed by atoms with Crippen molar-refractivity contribution < 1.29 is 28.6 Å². The summed E-state index contributed by atoms with van der Waals surface area (Å²) < 4.78 is 16.2. The van der Waals surface area contributed by atoms with Crippen LogP contribution in [0.5, 0.6) is 11.5 Å². The molecule has 34 heavy (non-hydrogen) atoms. The third-order valence-corrected chi connectivity index (χ3v) is 5.73. The summed E-state index contributed by atoms with van der Waals surface area (Å²) in [5.74, 6) is -0.123. The van der Waals surface area contributed by atoms with E-state index in [-0.39, 0.29) is 30.2 Å². The molecule has 1 N–H and O–H groups in total. The van der Waals surface area contributed by atoms with Crippen LogP contribution in [-0.4, -0.2) is 54.6 Å². The highest BCUT2D eigenvalue weighted by atomic mass is 16.5. The lowest BCUT2D eigenvalue weighted by molar-refractivity contribution is -0.139. The van der Waals surface area contributed by atoms with Crippen molar-refractivity contribution >= 4 is 23.5 Å². The molecule has 182 valence electrons. The second-order valence-corrected chi connectivity index (χ2v) is 8.30. The predicted molar refractivity (Wildman–Crippen MR) is 128 cm³/mol. The molecule has 8 nitrogen and oxygen atoms in total. The van der Waals surface area contributed by atoms with Gasteiger partial charge in [-0.15, -0.1) is 0 Å². The first-order chi connectivity index (χ1) is 16.4. The van der Waals surface area contributed by atoms with Gasteiger partial charge in [0.15, 0.2) is 13.2 Å². The maximum atomic E-state index is 12.6. The van der Waals surface area contributed by atoms with Crippen LogP contribution in [0.25, 0.3) is 0 Å². The SMILES string of the molecule is CCOc1ccccc1NC(=O)COC(=O)c1ccc(OCC(=O)N2C(C)CCCC2C)cc1. The third-order valence-electron chi connectivity index (χ3n) is 5.73. The topological polar surface area (TPSA) is 94.2 Å². The zero-order valence-electron chi connectivity index (χ0n) is 19.9. The molecule has 1 aliphatic rings. The van der Waals surface area contributed by atoms with E-state index >= 15 is 0 Å². The standard InChI is InChI=1S/C26H32N2O6/c1-4-32-23-11-6-5-10-22(23)27-24(29)16-34-26(31)20-12-14-21(15-13-20)33-17-25(30)28-18(2)8-7-9-19(28)3/h5-6,10-15,18-19H,4,7-9,16-17H2,1-3H3,(H,27,29). The van der Waals surface area contributed by atoms with Crippen LogP contribution in [0.1, 0.15) is 50.4 Å². The van der Waals surface area contributed by atoms with Crippen LogP contribution >= 0.6 is 0 Å². The van der Waals surface area contributed by atoms with Crippen LogP contribution in [0.15, 0.2) is 48.5 Å². The average molecular weight is 469 g/mol. The molecular formula is C26H32N2O6. The van der Waals surface area contributed by atoms with Crippen molar-refractivity contribution in [1.29, 1.82) is 0 Å². The van der Waals surface area contributed by atoms with E-state index in [0.29, 0.717) is 23.8 Å². The molecule has 2 atom stereocenters. The minimum absolute atomic E-state index is 0.0416. The number of anilines is 1. The molecule has 0 aromatic heterocycles. The van der Waals surface area contributed by atoms with E-state index in [1.54, 1.807) is 36.4 Å². The first-order valence-electron chi connectivity index (χ1n) is 11.6. The molecule has 2 amide bonds. The fourth-order valence-electron chi connectivity index (χ4n) is 4.07. The van der Waals surface area contributed by atoms with Gasteiger partial charge >= 0.3 is 5.97 Å². The minimum atomic E-state index is -0.633. The number of nitrogens with one attached hydrogen (secondary N) is 1. The van der Waals surface area contributed by atoms with Crippen LogP contribution in [0.4, 0.5) is 5.69 Å². The summed E-state index contributed by atoms with van der Waals surface area (Å²) in [5.41, 5.74) is 0.786. The molecule has 3 rings (SSSR count). The normalized spacial score (nSPS) is 17.6. The van der Waals surface area contributed by atoms with Gasteiger partial charge in [0.25, 0.3) is 11.8 Å². The van der Waals surface area contributed by atoms with Crippen molar-refractivity contribution in [1.82, 2.24) is 4.90 Å². The second-order valence-electron chi connectivity index (χ2n) is 8.30. The maximum Gasteiger partial charge on any atom is 0.338 e. The highest BCUT2D eigenvalue weighted by Gasteiger charge is 2.29. The van der Waals surface area contributed by atoms with Gasteiger partial charge in [0.05, 0.1) is 17.9 Å². The molecule has 1 saturated heterocycles. The van der Waals surface area contributed by atoms with Crippen molar-refractivity contribution in [2.45, 2.75) is 52.1 Å². The average Bonchev–Trinajstić information content (AvgIpc) is 2.83. The highest BCUT2D eigenvalue weighted by molar-refractivity contribution is 5.96. The van der Waals surface area contributed by atoms with Gasteiger partial charge < -0.3 is 24.4 Å². The molecule has 0 radical (unpaired) electrons. The fraction of sp³-hybridized carbons (Fsp3) is 0.423. The first kappa shape index (κ1) is 25.1. The summed E-state index contributed by atoms with van der Waals surface area (Å²) in [6.45, 7) is 5.95. The number of amides is 2. The Morgan fingerprint density at radius 3 is 2.29 bits per heavy atom. The van der Waals surface area contributed by atoms with E-state index in [1.807, 2.05) is 11.8 Å². The predicted octanol–water partition coefficient (Wildman–Crippen LogP) is 4.05. The smallest absolute Gasteiger partial charge is 0.338 e. The van der Waals surface area contributed by atoms with Gasteiger partial charge in [0.1, 0.15) is 11.5 Å². The van der Waals surface area contributed by atoms with Crippen molar-refractivity contribution in [2.24, 2.45) is 0 Å². The molecule has 2 unspecified atom stereocenters. The Bertz CT molecular complexity index is 981. The molecule has 1 fully saturated rings. The molecule has 0 saturated carbocycles. The van der Waals surface area contributed by atoms with Gasteiger partial charge in [-0.2, -0.15) is 0 Å². The van der Waals surface area contributed by atoms with E-state index in [9.17, 15) is 14.4 Å². The number of hydrogen-bond donors (Lipinski definition) is 1. The summed E-state index contributed by atoms with van der Waals surface area (Å²) in [4.78, 5) is 39.0. The van der Waals surface area contributed by atoms with E-state index in [0.717, 1.165) is 19.3 Å². The fourth-order valence-corrected chi connectivity index (χ4v) is 4.07. The quantitative estimate of drug-likeness (QED) is 0.558. The molecule has 1 aliphatic heterocycles. The van der Waals surface area contributed by atoms with E-state index in [1.165, 1.54) is 12.1 Å². The summed E-state index contributed by atoms with van der Waals surface area (Å²) >= 11 is 0. The molecule has 0 bridgehead atoms. The Morgan fingerprint density at radius 1 is 0.941 bits per heavy atom. The van der Waals surface area contributed by atoms with E-state index in [2.05, 4.69) is 19.2 Å². The zero-order chi connectivity index (χ0) is 24.5. The van der Waals surface area contributed by atoms with E-state index < -0.39 is 18.5 Å². The molecule has 2 aromatic rings. The number of rotatable bonds is 9. The zero-order valence-corrected chi connectivity index (χ0v) is 19.9. The van der Waals surface area contributed by atoms with Gasteiger partial charge in [-0.25, -0.2) is 4.79 Å². The lowest BCUT2D eigenvalue weighted by Crippen LogP contribution is -2.49. The van der Waals surface area contributed by atoms with Gasteiger partial charge in [0, 0.05) is 12.1 Å². The van der Waals surface area contributed by atoms with Crippen LogP contribution in [0.3, 0.4) is 0 Å². The number of nitrogens with zero attached hydrogens (tertiary/aromatic N) is 1. The Labute approximate surface area is 200 Å². The number of carbonyl (C=O) groups is 3. The van der Waals surface area contributed by atoms with Crippen LogP contribution in [-0.2, 0) is 14.3 Å². The van der Waals surface area contributed by atoms with Gasteiger partial charge in [-0.3, -0.25) is 9.59 Å². The van der Waals surface area contributed by atoms with Crippen LogP contribution < -0.4 is 14.8 Å². The monoisotopic (exact) mass is 468 g/mol. The number of ether oxygens (including phenoxy) is 3. The number of piperidine rings is 1. The summed E-state index contributed by atoms with van der Waals surface area (Å²) in [7, 11) is 0. The number of para-hydroxylation sites is 2. The minimum Gasteiger partial charge on any atom is -0.492 e. The molecule has 2 aromatic carbocycles. The summed E-state index contributed by atoms with van der Waals surface area (Å²) in [5, 5.41) is 2.67. The Morgan fingerprint density at radius 2 is 1.62 bits per heavy atom. The molecule has 8 heteroatoms. The second kappa shape index (κ2) is 12.1. The van der Waals surface area contributed by atoms with Gasteiger partial charge in [-0.1, -0.05) is 12.1 Å². The largest absolute Gasteiger partial charge is 0.492 e. The van der Waals surface area contributed by atoms with Crippen LogP contribution in [0, 0.1) is 0 Å². The Hall–Kier alpha value is -3.55. The van der Waals surface area contributed by atoms with Crippen molar-refractivity contribution in [3.8, 4) is 11.5 Å². The summed E-state index contributed by atoms with van der Waals surface area (Å²) in [6, 6.07) is 13.7. The van der Waals surface area contributed by atoms with Crippen molar-refractivity contribution in [2.75, 3.05) is 25.1 Å². The molecule has 1 heterocycles. The molecule has 0 spiro atoms. The van der Waals surface area contributed by atoms with Gasteiger partial charge in [0.2, 0.25) is 0 Å². The van der Waals surface area contributed by atoms with E-state index in [4.69, 9.17) is 14.2 Å². The van der Waals surface area contributed by atoms with Crippen molar-refractivity contribution in [3.05, 3.63) is 54.1 Å². The maximum absolute atomic E-state index is 12.6. The lowest BCUT2D eigenvalue weighted by Gasteiger charge is -2.38. The third kappa shape index (κ3) is 6.73. The number of carbonyl (C=O) groups excluding carboxylic acids is 3. The Kier molecular flexibility index (Phi) is 8.90. The van der Waals surface area contributed by atoms with Crippen molar-refractivity contribution in [3.63, 3.8) is 0 Å². The van der Waals surface area contributed by atoms with Crippen LogP contribution in [0.2, 0.25) is 0 Å². The highest BCUT2D eigenvalue weighted by Crippen LogP contribution is 2.24. The first-order valence-corrected chi connectivity index (χ1v) is 11.6. The molecule has 0 aliphatic carbocycles. The number of benzene rings is 2. The molecular weight excluding hydrogens is 436 g/mol. The number of hydrogen-bond acceptors (Lipinski definition) is 6. The number of esters is 1. The summed E-state index contributed by atoms with van der Waals surface area (Å²) in [6.07, 6.45) is 3.14.